The van der Waals surface area contributed by atoms with E-state index in [4.69, 9.17) is 4.74 Å². The third-order valence-electron chi connectivity index (χ3n) is 3.76. The Kier molecular flexibility index (Phi) is 7.22. The fourth-order valence-electron chi connectivity index (χ4n) is 2.76. The van der Waals surface area contributed by atoms with E-state index in [2.05, 4.69) is 33.6 Å². The van der Waals surface area contributed by atoms with Gasteiger partial charge in [0.25, 0.3) is 0 Å². The average Bonchev–Trinajstić information content (AvgIpc) is 3.15. The molecule has 0 aromatic carbocycles. The number of aromatic nitrogens is 3. The van der Waals surface area contributed by atoms with Gasteiger partial charge in [-0.15, -0.1) is 16.8 Å². The van der Waals surface area contributed by atoms with Crippen molar-refractivity contribution in [1.82, 2.24) is 14.8 Å². The lowest BCUT2D eigenvalue weighted by Gasteiger charge is -2.17. The Morgan fingerprint density at radius 3 is 2.96 bits per heavy atom. The number of carbonyl (C=O) groups excluding carboxylic acids is 1. The van der Waals surface area contributed by atoms with Gasteiger partial charge < -0.3 is 14.6 Å². The average molecular weight is 381 g/mol. The lowest BCUT2D eigenvalue weighted by molar-refractivity contribution is 0.102. The number of thioether (sulfide) groups is 1. The van der Waals surface area contributed by atoms with Crippen LogP contribution in [0.15, 0.2) is 23.1 Å². The van der Waals surface area contributed by atoms with Crippen LogP contribution in [0, 0.1) is 13.8 Å². The number of ketones is 1. The number of anilines is 1. The van der Waals surface area contributed by atoms with Gasteiger partial charge in [-0.25, -0.2) is 0 Å². The molecule has 2 aromatic heterocycles. The first-order chi connectivity index (χ1) is 12.0. The highest BCUT2D eigenvalue weighted by atomic mass is 32.2. The Balaban J connectivity index is 2.02. The van der Waals surface area contributed by atoms with Crippen LogP contribution in [0.3, 0.4) is 0 Å². The summed E-state index contributed by atoms with van der Waals surface area (Å²) < 4.78 is 8.17. The number of aryl methyl sites for hydroxylation is 1. The van der Waals surface area contributed by atoms with Crippen LogP contribution in [-0.4, -0.2) is 46.6 Å². The van der Waals surface area contributed by atoms with Crippen molar-refractivity contribution < 1.29 is 9.53 Å². The van der Waals surface area contributed by atoms with Crippen LogP contribution in [0.1, 0.15) is 34.7 Å². The first-order valence-electron chi connectivity index (χ1n) is 7.99. The van der Waals surface area contributed by atoms with Gasteiger partial charge in [0.05, 0.1) is 18.4 Å². The zero-order valence-corrected chi connectivity index (χ0v) is 16.7. The van der Waals surface area contributed by atoms with Crippen LogP contribution in [0.5, 0.6) is 0 Å². The summed E-state index contributed by atoms with van der Waals surface area (Å²) in [5.41, 5.74) is 2.82. The van der Waals surface area contributed by atoms with Gasteiger partial charge >= 0.3 is 0 Å². The molecule has 0 aliphatic carbocycles. The zero-order chi connectivity index (χ0) is 18.4. The summed E-state index contributed by atoms with van der Waals surface area (Å²) in [6.07, 6.45) is 1.76. The highest BCUT2D eigenvalue weighted by Gasteiger charge is 2.19. The Labute approximate surface area is 156 Å². The molecule has 0 spiro atoms. The lowest BCUT2D eigenvalue weighted by Crippen LogP contribution is -2.14. The number of nitrogens with zero attached hydrogens (tertiary/aromatic N) is 3. The van der Waals surface area contributed by atoms with Crippen LogP contribution >= 0.6 is 23.1 Å². The van der Waals surface area contributed by atoms with Gasteiger partial charge in [-0.1, -0.05) is 29.2 Å². The molecule has 0 amide bonds. The second-order valence-corrected chi connectivity index (χ2v) is 7.91. The number of Topliss-reactive ketones (excluding diaryl/α,β-unsaturated/α-hetero) is 1. The number of methoxy groups -OCH3 is 1. The van der Waals surface area contributed by atoms with E-state index < -0.39 is 0 Å². The summed E-state index contributed by atoms with van der Waals surface area (Å²) in [4.78, 5) is 12.6. The molecule has 6 nitrogen and oxygen atoms in total. The molecule has 2 heterocycles. The number of rotatable bonds is 10. The number of carbonyl (C=O) groups is 1. The molecule has 136 valence electrons. The van der Waals surface area contributed by atoms with Crippen LogP contribution in [0.4, 0.5) is 5.13 Å². The van der Waals surface area contributed by atoms with Crippen LogP contribution in [-0.2, 0) is 4.74 Å². The second kappa shape index (κ2) is 9.17. The molecule has 1 atom stereocenters. The van der Waals surface area contributed by atoms with Crippen molar-refractivity contribution in [2.45, 2.75) is 31.2 Å². The van der Waals surface area contributed by atoms with Gasteiger partial charge in [0.15, 0.2) is 10.1 Å². The first-order valence-corrected chi connectivity index (χ1v) is 9.79. The molecule has 1 N–H and O–H groups in total. The SMILES string of the molecule is C=CCNc1nnc(SCC(=O)c2cc(C)n([C@@H](C)COC)c2C)s1. The lowest BCUT2D eigenvalue weighted by atomic mass is 10.2. The standard InChI is InChI=1S/C17H24N4O2S2/c1-6-7-18-16-19-20-17(25-16)24-10-15(22)14-8-11(2)21(13(14)4)12(3)9-23-5/h6,8,12H,1,7,9-10H2,2-5H3,(H,18,19)/t12-/m0/s1. The molecule has 0 fully saturated rings. The molecular formula is C17H24N4O2S2. The Hall–Kier alpha value is -1.64. The summed E-state index contributed by atoms with van der Waals surface area (Å²) in [5, 5.41) is 12.0. The normalized spacial score (nSPS) is 12.2. The molecule has 0 unspecified atom stereocenters. The monoisotopic (exact) mass is 380 g/mol. The second-order valence-electron chi connectivity index (χ2n) is 5.71. The van der Waals surface area contributed by atoms with Crippen LogP contribution < -0.4 is 5.32 Å². The fraction of sp³-hybridized carbons (Fsp3) is 0.471. The maximum absolute atomic E-state index is 12.6. The third-order valence-corrected chi connectivity index (χ3v) is 5.78. The van der Waals surface area contributed by atoms with Crippen molar-refractivity contribution in [3.05, 3.63) is 35.7 Å². The summed E-state index contributed by atoms with van der Waals surface area (Å²) in [7, 11) is 1.69. The van der Waals surface area contributed by atoms with Gasteiger partial charge in [0, 0.05) is 30.6 Å². The molecule has 0 bridgehead atoms. The van der Waals surface area contributed by atoms with E-state index in [0.29, 0.717) is 18.9 Å². The first kappa shape index (κ1) is 19.7. The third kappa shape index (κ3) is 4.93. The van der Waals surface area contributed by atoms with Gasteiger partial charge in [-0.2, -0.15) is 0 Å². The summed E-state index contributed by atoms with van der Waals surface area (Å²) in [6.45, 7) is 11.0. The molecule has 0 aliphatic heterocycles. The molecule has 0 aliphatic rings. The number of nitrogens with one attached hydrogen (secondary N) is 1. The predicted octanol–water partition coefficient (Wildman–Crippen LogP) is 3.74. The van der Waals surface area contributed by atoms with Crippen LogP contribution in [0.2, 0.25) is 0 Å². The molecule has 0 radical (unpaired) electrons. The van der Waals surface area contributed by atoms with E-state index in [0.717, 1.165) is 26.4 Å². The molecule has 0 saturated carbocycles. The molecule has 2 aromatic rings. The van der Waals surface area contributed by atoms with Crippen molar-refractivity contribution in [1.29, 1.82) is 0 Å². The molecule has 25 heavy (non-hydrogen) atoms. The van der Waals surface area contributed by atoms with E-state index in [9.17, 15) is 4.79 Å². The zero-order valence-electron chi connectivity index (χ0n) is 15.0. The van der Waals surface area contributed by atoms with Gasteiger partial charge in [-0.3, -0.25) is 4.79 Å². The molecule has 0 saturated heterocycles. The minimum Gasteiger partial charge on any atom is -0.383 e. The van der Waals surface area contributed by atoms with Gasteiger partial charge in [-0.05, 0) is 26.8 Å². The Bertz CT molecular complexity index is 739. The molecular weight excluding hydrogens is 356 g/mol. The number of ether oxygens (including phenoxy) is 1. The topological polar surface area (TPSA) is 69.0 Å². The van der Waals surface area contributed by atoms with E-state index in [1.807, 2.05) is 19.9 Å². The minimum absolute atomic E-state index is 0.102. The molecule has 2 rings (SSSR count). The molecule has 8 heteroatoms. The fourth-order valence-corrected chi connectivity index (χ4v) is 4.40. The summed E-state index contributed by atoms with van der Waals surface area (Å²) in [6, 6.07) is 2.16. The van der Waals surface area contributed by atoms with E-state index in [1.54, 1.807) is 13.2 Å². The van der Waals surface area contributed by atoms with Gasteiger partial charge in [0.2, 0.25) is 5.13 Å². The predicted molar refractivity (Wildman–Crippen MR) is 104 cm³/mol. The Morgan fingerprint density at radius 1 is 1.52 bits per heavy atom. The van der Waals surface area contributed by atoms with E-state index in [-0.39, 0.29) is 11.8 Å². The summed E-state index contributed by atoms with van der Waals surface area (Å²) >= 11 is 2.86. The van der Waals surface area contributed by atoms with Gasteiger partial charge in [0.1, 0.15) is 0 Å². The van der Waals surface area contributed by atoms with Crippen molar-refractivity contribution in [3.8, 4) is 0 Å². The maximum Gasteiger partial charge on any atom is 0.206 e. The highest BCUT2D eigenvalue weighted by Crippen LogP contribution is 2.27. The highest BCUT2D eigenvalue weighted by molar-refractivity contribution is 8.01. The number of hydrogen-bond donors (Lipinski definition) is 1. The van der Waals surface area contributed by atoms with Crippen molar-refractivity contribution >= 4 is 34.0 Å². The Morgan fingerprint density at radius 2 is 2.28 bits per heavy atom. The van der Waals surface area contributed by atoms with E-state index in [1.165, 1.54) is 23.1 Å². The maximum atomic E-state index is 12.6. The summed E-state index contributed by atoms with van der Waals surface area (Å²) in [5.74, 6) is 0.448. The van der Waals surface area contributed by atoms with Crippen molar-refractivity contribution in [3.63, 3.8) is 0 Å². The van der Waals surface area contributed by atoms with E-state index >= 15 is 0 Å². The smallest absolute Gasteiger partial charge is 0.206 e. The minimum atomic E-state index is 0.102. The quantitative estimate of drug-likeness (QED) is 0.385. The largest absolute Gasteiger partial charge is 0.383 e. The van der Waals surface area contributed by atoms with Crippen molar-refractivity contribution in [2.24, 2.45) is 0 Å². The van der Waals surface area contributed by atoms with Crippen molar-refractivity contribution in [2.75, 3.05) is 31.3 Å². The van der Waals surface area contributed by atoms with Crippen LogP contribution in [0.25, 0.3) is 0 Å². The number of hydrogen-bond acceptors (Lipinski definition) is 7.